The Morgan fingerprint density at radius 3 is 2.14 bits per heavy atom. The molecule has 0 aliphatic carbocycles. The predicted octanol–water partition coefficient (Wildman–Crippen LogP) is 4.73. The molecule has 2 heterocycles. The number of halogens is 7. The molecule has 0 unspecified atom stereocenters. The van der Waals surface area contributed by atoms with Crippen molar-refractivity contribution in [1.29, 1.82) is 0 Å². The highest BCUT2D eigenvalue weighted by molar-refractivity contribution is 6.29. The van der Waals surface area contributed by atoms with Crippen LogP contribution < -0.4 is 0 Å². The number of nitrogens with zero attached hydrogens (tertiary/aromatic N) is 3. The van der Waals surface area contributed by atoms with Gasteiger partial charge in [0, 0.05) is 0 Å². The molecular weight excluding hydrogens is 324 g/mol. The van der Waals surface area contributed by atoms with Crippen LogP contribution in [0.2, 0.25) is 5.15 Å². The SMILES string of the molecule is FC(F)c1cc(C(F)F)n(-c2nc(Cl)ccc2C(F)F)n1. The lowest BCUT2D eigenvalue weighted by Gasteiger charge is -2.11. The largest absolute Gasteiger partial charge is 0.282 e. The van der Waals surface area contributed by atoms with Crippen molar-refractivity contribution in [1.82, 2.24) is 14.8 Å². The maximum Gasteiger partial charge on any atom is 0.282 e. The molecule has 2 aromatic heterocycles. The first-order valence-electron chi connectivity index (χ1n) is 5.42. The first-order valence-corrected chi connectivity index (χ1v) is 5.80. The zero-order valence-corrected chi connectivity index (χ0v) is 10.7. The van der Waals surface area contributed by atoms with Crippen LogP contribution >= 0.6 is 11.6 Å². The maximum atomic E-state index is 12.9. The summed E-state index contributed by atoms with van der Waals surface area (Å²) in [7, 11) is 0. The second kappa shape index (κ2) is 5.92. The summed E-state index contributed by atoms with van der Waals surface area (Å²) in [5.41, 5.74) is -2.68. The van der Waals surface area contributed by atoms with E-state index in [1.807, 2.05) is 0 Å². The standard InChI is InChI=1S/C11H6ClF6N3/c12-7-2-1-4(8(13)14)11(19-7)21-6(10(17)18)3-5(20-21)9(15)16/h1-3,8-10H. The molecular formula is C11H6ClF6N3. The molecule has 0 aromatic carbocycles. The topological polar surface area (TPSA) is 30.7 Å². The average molecular weight is 330 g/mol. The van der Waals surface area contributed by atoms with Crippen molar-refractivity contribution in [3.05, 3.63) is 40.3 Å². The molecule has 0 spiro atoms. The fraction of sp³-hybridized carbons (Fsp3) is 0.273. The van der Waals surface area contributed by atoms with Gasteiger partial charge < -0.3 is 0 Å². The molecule has 0 fully saturated rings. The predicted molar refractivity (Wildman–Crippen MR) is 61.2 cm³/mol. The molecule has 0 saturated heterocycles. The first-order chi connectivity index (χ1) is 9.81. The molecule has 0 bridgehead atoms. The highest BCUT2D eigenvalue weighted by Gasteiger charge is 2.26. The molecule has 2 aromatic rings. The third-order valence-corrected chi connectivity index (χ3v) is 2.72. The molecule has 0 radical (unpaired) electrons. The van der Waals surface area contributed by atoms with E-state index in [0.717, 1.165) is 12.1 Å². The van der Waals surface area contributed by atoms with Crippen LogP contribution in [-0.4, -0.2) is 14.8 Å². The minimum atomic E-state index is -3.20. The minimum absolute atomic E-state index is 0.260. The smallest absolute Gasteiger partial charge is 0.216 e. The van der Waals surface area contributed by atoms with Gasteiger partial charge in [-0.15, -0.1) is 0 Å². The molecule has 0 aliphatic rings. The van der Waals surface area contributed by atoms with Crippen LogP contribution in [0.15, 0.2) is 18.2 Å². The van der Waals surface area contributed by atoms with Gasteiger partial charge in [0.05, 0.1) is 5.56 Å². The monoisotopic (exact) mass is 329 g/mol. The Kier molecular flexibility index (Phi) is 4.40. The molecule has 3 nitrogen and oxygen atoms in total. The van der Waals surface area contributed by atoms with E-state index in [2.05, 4.69) is 10.1 Å². The molecule has 0 amide bonds. The van der Waals surface area contributed by atoms with Crippen LogP contribution in [0.5, 0.6) is 0 Å². The van der Waals surface area contributed by atoms with Gasteiger partial charge in [-0.2, -0.15) is 5.10 Å². The Hall–Kier alpha value is -1.77. The van der Waals surface area contributed by atoms with Gasteiger partial charge in [-0.3, -0.25) is 0 Å². The third-order valence-electron chi connectivity index (χ3n) is 2.51. The Labute approximate surface area is 119 Å². The van der Waals surface area contributed by atoms with Crippen LogP contribution in [0.25, 0.3) is 5.82 Å². The van der Waals surface area contributed by atoms with Gasteiger partial charge >= 0.3 is 0 Å². The number of alkyl halides is 6. The number of hydrogen-bond acceptors (Lipinski definition) is 2. The Morgan fingerprint density at radius 1 is 0.952 bits per heavy atom. The molecule has 114 valence electrons. The van der Waals surface area contributed by atoms with Gasteiger partial charge in [-0.25, -0.2) is 36.0 Å². The fourth-order valence-electron chi connectivity index (χ4n) is 1.62. The first kappa shape index (κ1) is 15.6. The molecule has 0 aliphatic heterocycles. The normalized spacial score (nSPS) is 11.9. The quantitative estimate of drug-likeness (QED) is 0.599. The lowest BCUT2D eigenvalue weighted by atomic mass is 10.2. The summed E-state index contributed by atoms with van der Waals surface area (Å²) in [4.78, 5) is 3.49. The van der Waals surface area contributed by atoms with Crippen molar-refractivity contribution >= 4 is 11.6 Å². The van der Waals surface area contributed by atoms with Crippen LogP contribution in [0.3, 0.4) is 0 Å². The Morgan fingerprint density at radius 2 is 1.62 bits per heavy atom. The highest BCUT2D eigenvalue weighted by Crippen LogP contribution is 2.31. The Bertz CT molecular complexity index is 643. The molecule has 10 heteroatoms. The lowest BCUT2D eigenvalue weighted by molar-refractivity contribution is 0.139. The van der Waals surface area contributed by atoms with Crippen LogP contribution in [0.4, 0.5) is 26.3 Å². The van der Waals surface area contributed by atoms with Crippen LogP contribution in [-0.2, 0) is 0 Å². The van der Waals surface area contributed by atoms with Gasteiger partial charge in [0.15, 0.2) is 5.82 Å². The fourth-order valence-corrected chi connectivity index (χ4v) is 1.77. The van der Waals surface area contributed by atoms with E-state index in [1.54, 1.807) is 0 Å². The second-order valence-electron chi connectivity index (χ2n) is 3.85. The van der Waals surface area contributed by atoms with Gasteiger partial charge in [0.1, 0.15) is 16.5 Å². The summed E-state index contributed by atoms with van der Waals surface area (Å²) < 4.78 is 76.9. The molecule has 2 rings (SSSR count). The Balaban J connectivity index is 2.68. The van der Waals surface area contributed by atoms with Crippen LogP contribution in [0.1, 0.15) is 36.2 Å². The summed E-state index contributed by atoms with van der Waals surface area (Å²) in [6.07, 6.45) is -9.39. The van der Waals surface area contributed by atoms with E-state index in [1.165, 1.54) is 0 Å². The summed E-state index contributed by atoms with van der Waals surface area (Å²) in [6.45, 7) is 0. The summed E-state index contributed by atoms with van der Waals surface area (Å²) in [6, 6.07) is 2.34. The van der Waals surface area contributed by atoms with Crippen molar-refractivity contribution in [3.8, 4) is 5.82 Å². The maximum absolute atomic E-state index is 12.9. The van der Waals surface area contributed by atoms with E-state index in [0.29, 0.717) is 6.07 Å². The van der Waals surface area contributed by atoms with Crippen LogP contribution in [0, 0.1) is 0 Å². The van der Waals surface area contributed by atoms with E-state index in [-0.39, 0.29) is 9.83 Å². The second-order valence-corrected chi connectivity index (χ2v) is 4.24. The minimum Gasteiger partial charge on any atom is -0.216 e. The zero-order valence-electron chi connectivity index (χ0n) is 9.95. The van der Waals surface area contributed by atoms with Crippen molar-refractivity contribution in [2.24, 2.45) is 0 Å². The summed E-state index contributed by atoms with van der Waals surface area (Å²) >= 11 is 5.54. The van der Waals surface area contributed by atoms with Gasteiger partial charge in [0.2, 0.25) is 0 Å². The van der Waals surface area contributed by atoms with Gasteiger partial charge in [-0.1, -0.05) is 11.6 Å². The number of pyridine rings is 1. The van der Waals surface area contributed by atoms with Crippen molar-refractivity contribution < 1.29 is 26.3 Å². The number of rotatable bonds is 4. The third kappa shape index (κ3) is 3.12. The van der Waals surface area contributed by atoms with E-state index in [4.69, 9.17) is 11.6 Å². The van der Waals surface area contributed by atoms with Crippen molar-refractivity contribution in [2.45, 2.75) is 19.3 Å². The van der Waals surface area contributed by atoms with Gasteiger partial charge in [-0.05, 0) is 18.2 Å². The molecule has 21 heavy (non-hydrogen) atoms. The lowest BCUT2D eigenvalue weighted by Crippen LogP contribution is -2.09. The molecule has 0 atom stereocenters. The van der Waals surface area contributed by atoms with Gasteiger partial charge in [0.25, 0.3) is 19.3 Å². The molecule has 0 saturated carbocycles. The van der Waals surface area contributed by atoms with E-state index < -0.39 is 42.0 Å². The van der Waals surface area contributed by atoms with Crippen molar-refractivity contribution in [2.75, 3.05) is 0 Å². The summed E-state index contributed by atoms with van der Waals surface area (Å²) in [5.74, 6) is -0.709. The molecule has 0 N–H and O–H groups in total. The van der Waals surface area contributed by atoms with Crippen molar-refractivity contribution in [3.63, 3.8) is 0 Å². The average Bonchev–Trinajstić information content (AvgIpc) is 2.83. The number of aromatic nitrogens is 3. The number of hydrogen-bond donors (Lipinski definition) is 0. The highest BCUT2D eigenvalue weighted by atomic mass is 35.5. The van der Waals surface area contributed by atoms with E-state index >= 15 is 0 Å². The zero-order chi connectivity index (χ0) is 15.7. The van der Waals surface area contributed by atoms with E-state index in [9.17, 15) is 26.3 Å². The summed E-state index contributed by atoms with van der Waals surface area (Å²) in [5, 5.41) is 2.96.